The molecule has 1 saturated carbocycles. The normalized spacial score (nSPS) is 23.1. The third kappa shape index (κ3) is 7.34. The number of carbonyl (C=O) groups excluding carboxylic acids is 4. The Morgan fingerprint density at radius 1 is 0.729 bits per heavy atom. The van der Waals surface area contributed by atoms with E-state index in [1.165, 1.54) is 16.4 Å². The molecule has 304 valence electrons. The first kappa shape index (κ1) is 37.6. The largest absolute Gasteiger partial charge is 0.488 e. The standard InChI is InChI=1S/C45H47N7O7/c1-49-38-11-14-46-24-37(38)34-6-3-27(19-40(34)49)28-4-10-42(47-23-28)59-32-20-31(21-32)57-29-12-17-50(18-13-29)15-2-16-51-25-33(26-51)58-30-5-7-35-36(22-30)45(56)52(44(35)55)39-8-9-41(53)48-43(39)54/h3-7,10-11,14,19,22-24,29,31-33,39H,2,8-9,12-13,15-18,20-21,25-26H2,1H3,(H,48,53,54)/t31-,32-,39?. The lowest BCUT2D eigenvalue weighted by Crippen LogP contribution is -2.54. The van der Waals surface area contributed by atoms with Crippen LogP contribution in [-0.2, 0) is 21.4 Å². The molecule has 1 N–H and O–H groups in total. The summed E-state index contributed by atoms with van der Waals surface area (Å²) in [7, 11) is 2.09. The monoisotopic (exact) mass is 797 g/mol. The number of fused-ring (bicyclic) bond motifs is 4. The maximum absolute atomic E-state index is 13.1. The van der Waals surface area contributed by atoms with Crippen LogP contribution < -0.4 is 14.8 Å². The molecule has 0 bridgehead atoms. The van der Waals surface area contributed by atoms with E-state index in [0.717, 1.165) is 92.8 Å². The third-order valence-electron chi connectivity index (χ3n) is 12.7. The Kier molecular flexibility index (Phi) is 9.85. The average Bonchev–Trinajstić information content (AvgIpc) is 3.64. The van der Waals surface area contributed by atoms with Gasteiger partial charge < -0.3 is 23.7 Å². The van der Waals surface area contributed by atoms with Crippen LogP contribution in [0.1, 0.15) is 65.7 Å². The van der Waals surface area contributed by atoms with Crippen LogP contribution in [0.2, 0.25) is 0 Å². The molecule has 14 nitrogen and oxygen atoms in total. The lowest BCUT2D eigenvalue weighted by atomic mass is 9.91. The summed E-state index contributed by atoms with van der Waals surface area (Å²) in [5.41, 5.74) is 5.00. The maximum atomic E-state index is 13.1. The van der Waals surface area contributed by atoms with Crippen molar-refractivity contribution in [2.45, 2.75) is 75.4 Å². The molecular formula is C45H47N7O7. The van der Waals surface area contributed by atoms with Crippen molar-refractivity contribution >= 4 is 45.4 Å². The van der Waals surface area contributed by atoms with Gasteiger partial charge in [-0.05, 0) is 80.7 Å². The Morgan fingerprint density at radius 3 is 2.32 bits per heavy atom. The van der Waals surface area contributed by atoms with Gasteiger partial charge in [0, 0.05) is 99.0 Å². The number of piperidine rings is 2. The van der Waals surface area contributed by atoms with Crippen molar-refractivity contribution in [2.24, 2.45) is 7.05 Å². The van der Waals surface area contributed by atoms with Gasteiger partial charge in [-0.2, -0.15) is 0 Å². The summed E-state index contributed by atoms with van der Waals surface area (Å²) in [4.78, 5) is 64.9. The van der Waals surface area contributed by atoms with Gasteiger partial charge in [-0.3, -0.25) is 39.3 Å². The first-order chi connectivity index (χ1) is 28.7. The van der Waals surface area contributed by atoms with E-state index in [2.05, 4.69) is 67.0 Å². The van der Waals surface area contributed by atoms with E-state index in [1.807, 2.05) is 24.7 Å². The fourth-order valence-electron chi connectivity index (χ4n) is 9.30. The molecule has 4 amide bonds. The smallest absolute Gasteiger partial charge is 0.262 e. The summed E-state index contributed by atoms with van der Waals surface area (Å²) in [6.07, 6.45) is 11.5. The topological polar surface area (TPSA) is 148 Å². The highest BCUT2D eigenvalue weighted by atomic mass is 16.5. The predicted octanol–water partition coefficient (Wildman–Crippen LogP) is 4.73. The molecule has 3 aromatic heterocycles. The minimum Gasteiger partial charge on any atom is -0.488 e. The van der Waals surface area contributed by atoms with E-state index >= 15 is 0 Å². The molecule has 1 atom stereocenters. The molecule has 1 unspecified atom stereocenters. The van der Waals surface area contributed by atoms with Crippen molar-refractivity contribution in [3.8, 4) is 22.8 Å². The summed E-state index contributed by atoms with van der Waals surface area (Å²) in [6.45, 7) is 5.75. The van der Waals surface area contributed by atoms with Gasteiger partial charge in [0.2, 0.25) is 17.7 Å². The number of amides is 4. The molecule has 2 aromatic carbocycles. The molecule has 5 aliphatic rings. The lowest BCUT2D eigenvalue weighted by molar-refractivity contribution is -0.136. The quantitative estimate of drug-likeness (QED) is 0.175. The van der Waals surface area contributed by atoms with Gasteiger partial charge in [-0.15, -0.1) is 0 Å². The Labute approximate surface area is 341 Å². The van der Waals surface area contributed by atoms with E-state index in [1.54, 1.807) is 18.2 Å². The fourth-order valence-corrected chi connectivity index (χ4v) is 9.30. The Hall–Kier alpha value is -5.70. The molecule has 5 aromatic rings. The number of aromatic nitrogens is 3. The van der Waals surface area contributed by atoms with Crippen LogP contribution in [0.5, 0.6) is 11.6 Å². The average molecular weight is 798 g/mol. The Bertz CT molecular complexity index is 2450. The number of ether oxygens (including phenoxy) is 3. The maximum Gasteiger partial charge on any atom is 0.262 e. The van der Waals surface area contributed by atoms with E-state index in [-0.39, 0.29) is 42.3 Å². The van der Waals surface area contributed by atoms with E-state index in [4.69, 9.17) is 14.2 Å². The van der Waals surface area contributed by atoms with Crippen molar-refractivity contribution in [1.82, 2.24) is 34.6 Å². The van der Waals surface area contributed by atoms with Gasteiger partial charge in [-0.1, -0.05) is 12.1 Å². The molecule has 0 radical (unpaired) electrons. The van der Waals surface area contributed by atoms with E-state index in [0.29, 0.717) is 17.7 Å². The highest BCUT2D eigenvalue weighted by molar-refractivity contribution is 6.23. The summed E-state index contributed by atoms with van der Waals surface area (Å²) in [5, 5.41) is 4.58. The summed E-state index contributed by atoms with van der Waals surface area (Å²) in [6, 6.07) is 16.5. The number of likely N-dealkylation sites (tertiary alicyclic amines) is 2. The number of carbonyl (C=O) groups is 4. The van der Waals surface area contributed by atoms with Crippen molar-refractivity contribution < 1.29 is 33.4 Å². The van der Waals surface area contributed by atoms with E-state index < -0.39 is 29.7 Å². The van der Waals surface area contributed by atoms with Gasteiger partial charge in [-0.25, -0.2) is 4.98 Å². The minimum absolute atomic E-state index is 0.00822. The molecule has 4 aliphatic heterocycles. The number of hydrogen-bond donors (Lipinski definition) is 1. The van der Waals surface area contributed by atoms with Crippen LogP contribution in [-0.4, -0.2) is 123 Å². The highest BCUT2D eigenvalue weighted by Crippen LogP contribution is 2.34. The lowest BCUT2D eigenvalue weighted by Gasteiger charge is -2.40. The zero-order valence-corrected chi connectivity index (χ0v) is 33.0. The number of nitrogens with one attached hydrogen (secondary N) is 1. The van der Waals surface area contributed by atoms with Gasteiger partial charge in [0.25, 0.3) is 11.8 Å². The highest BCUT2D eigenvalue weighted by Gasteiger charge is 2.45. The van der Waals surface area contributed by atoms with Crippen LogP contribution in [0.25, 0.3) is 32.9 Å². The number of nitrogens with zero attached hydrogens (tertiary/aromatic N) is 6. The fraction of sp³-hybridized carbons (Fsp3) is 0.422. The van der Waals surface area contributed by atoms with Gasteiger partial charge in [0.1, 0.15) is 24.0 Å². The molecule has 7 heterocycles. The Morgan fingerprint density at radius 2 is 1.53 bits per heavy atom. The van der Waals surface area contributed by atoms with Crippen LogP contribution >= 0.6 is 0 Å². The molecule has 14 heteroatoms. The van der Waals surface area contributed by atoms with Crippen molar-refractivity contribution in [3.05, 3.63) is 84.3 Å². The molecule has 59 heavy (non-hydrogen) atoms. The second-order valence-electron chi connectivity index (χ2n) is 16.6. The number of benzene rings is 2. The molecular weight excluding hydrogens is 751 g/mol. The molecule has 4 fully saturated rings. The summed E-state index contributed by atoms with van der Waals surface area (Å²) < 4.78 is 21.0. The molecule has 3 saturated heterocycles. The summed E-state index contributed by atoms with van der Waals surface area (Å²) >= 11 is 0. The zero-order chi connectivity index (χ0) is 40.2. The number of hydrogen-bond acceptors (Lipinski definition) is 11. The van der Waals surface area contributed by atoms with Gasteiger partial charge >= 0.3 is 0 Å². The first-order valence-corrected chi connectivity index (χ1v) is 20.8. The van der Waals surface area contributed by atoms with Gasteiger partial charge in [0.15, 0.2) is 0 Å². The molecule has 1 aliphatic carbocycles. The van der Waals surface area contributed by atoms with Crippen LogP contribution in [0.15, 0.2) is 73.2 Å². The van der Waals surface area contributed by atoms with E-state index in [9.17, 15) is 19.2 Å². The number of aryl methyl sites for hydroxylation is 1. The SMILES string of the molecule is Cn1c2ccncc2c2ccc(-c3ccc(O[C@H]4C[C@H](OC5CCN(CCCN6CC(Oc7ccc8c(c7)C(=O)N(C7CCC(=O)NC7=O)C8=O)C6)CC5)C4)nc3)cc21. The minimum atomic E-state index is -0.982. The second-order valence-corrected chi connectivity index (χ2v) is 16.6. The summed E-state index contributed by atoms with van der Waals surface area (Å²) in [5.74, 6) is -0.875. The second kappa shape index (κ2) is 15.5. The van der Waals surface area contributed by atoms with Crippen LogP contribution in [0, 0.1) is 0 Å². The molecule has 0 spiro atoms. The van der Waals surface area contributed by atoms with Crippen LogP contribution in [0.4, 0.5) is 0 Å². The number of pyridine rings is 2. The first-order valence-electron chi connectivity index (χ1n) is 20.8. The Balaban J connectivity index is 0.606. The zero-order valence-electron chi connectivity index (χ0n) is 33.0. The number of imide groups is 2. The van der Waals surface area contributed by atoms with Crippen LogP contribution in [0.3, 0.4) is 0 Å². The van der Waals surface area contributed by atoms with Crippen molar-refractivity contribution in [1.29, 1.82) is 0 Å². The molecule has 10 rings (SSSR count). The number of rotatable bonds is 12. The van der Waals surface area contributed by atoms with Crippen molar-refractivity contribution in [3.63, 3.8) is 0 Å². The van der Waals surface area contributed by atoms with Crippen molar-refractivity contribution in [2.75, 3.05) is 39.3 Å². The predicted molar refractivity (Wildman–Crippen MR) is 218 cm³/mol. The van der Waals surface area contributed by atoms with Gasteiger partial charge in [0.05, 0.1) is 28.9 Å². The third-order valence-corrected chi connectivity index (χ3v) is 12.7.